The Balaban J connectivity index is 2.24. The van der Waals surface area contributed by atoms with E-state index in [0.29, 0.717) is 0 Å². The molecule has 1 saturated heterocycles. The number of H-pyrrole nitrogens is 1. The fourth-order valence-electron chi connectivity index (χ4n) is 2.23. The Kier molecular flexibility index (Phi) is 4.81. The fourth-order valence-corrected chi connectivity index (χ4v) is 2.57. The summed E-state index contributed by atoms with van der Waals surface area (Å²) in [5.41, 5.74) is -1.38. The lowest BCUT2D eigenvalue weighted by atomic mass is 9.99. The van der Waals surface area contributed by atoms with Gasteiger partial charge >= 0.3 is 13.5 Å². The Labute approximate surface area is 123 Å². The Hall–Kier alpha value is -1.55. The molecule has 122 valence electrons. The number of nitrogens with zero attached hydrogens (tertiary/aromatic N) is 1. The van der Waals surface area contributed by atoms with Gasteiger partial charge in [-0.25, -0.2) is 9.36 Å². The van der Waals surface area contributed by atoms with Crippen LogP contribution in [0.15, 0.2) is 34.5 Å². The quantitative estimate of drug-likeness (QED) is 0.383. The van der Waals surface area contributed by atoms with Crippen molar-refractivity contribution >= 4 is 7.82 Å². The number of phosphoric ester groups is 1. The molecule has 0 bridgehead atoms. The molecule has 22 heavy (non-hydrogen) atoms. The second kappa shape index (κ2) is 6.29. The molecule has 0 aliphatic carbocycles. The standard InChI is InChI=1S/C11H15N2O8P/c1-2-6-7(5-20-22(17,18)19)21-10(9(6)15)13-4-3-8(14)12-11(13)16/h2-4,6-7,9-10,15H,1,5H2,(H,12,14,16)(H2,17,18,19). The van der Waals surface area contributed by atoms with Crippen LogP contribution in [0.1, 0.15) is 6.23 Å². The zero-order valence-electron chi connectivity index (χ0n) is 11.2. The van der Waals surface area contributed by atoms with Gasteiger partial charge in [-0.15, -0.1) is 6.58 Å². The first-order chi connectivity index (χ1) is 10.2. The summed E-state index contributed by atoms with van der Waals surface area (Å²) in [6.07, 6.45) is -0.760. The smallest absolute Gasteiger partial charge is 0.388 e. The fraction of sp³-hybridized carbons (Fsp3) is 0.455. The highest BCUT2D eigenvalue weighted by Gasteiger charge is 2.44. The summed E-state index contributed by atoms with van der Waals surface area (Å²) in [5.74, 6) is -0.713. The van der Waals surface area contributed by atoms with Gasteiger partial charge in [0.2, 0.25) is 0 Å². The maximum Gasteiger partial charge on any atom is 0.469 e. The molecule has 1 fully saturated rings. The highest BCUT2D eigenvalue weighted by atomic mass is 31.2. The lowest BCUT2D eigenvalue weighted by Crippen LogP contribution is -2.35. The number of hydrogen-bond acceptors (Lipinski definition) is 6. The molecule has 1 aromatic heterocycles. The summed E-state index contributed by atoms with van der Waals surface area (Å²) in [6, 6.07) is 1.08. The molecule has 1 aliphatic heterocycles. The van der Waals surface area contributed by atoms with Crippen molar-refractivity contribution in [2.45, 2.75) is 18.4 Å². The molecule has 0 amide bonds. The SMILES string of the molecule is C=CC1C(COP(=O)(O)O)OC(n2ccc(=O)[nH]c2=O)C1O. The number of hydrogen-bond donors (Lipinski definition) is 4. The monoisotopic (exact) mass is 334 g/mol. The molecule has 2 rings (SSSR count). The van der Waals surface area contributed by atoms with E-state index in [1.165, 1.54) is 6.08 Å². The molecule has 1 aromatic rings. The summed E-state index contributed by atoms with van der Waals surface area (Å²) in [6.45, 7) is 3.02. The Morgan fingerprint density at radius 2 is 2.18 bits per heavy atom. The lowest BCUT2D eigenvalue weighted by Gasteiger charge is -2.17. The molecule has 1 aliphatic rings. The van der Waals surface area contributed by atoms with Crippen LogP contribution in [0.4, 0.5) is 0 Å². The molecule has 4 atom stereocenters. The summed E-state index contributed by atoms with van der Waals surface area (Å²) in [5, 5.41) is 10.2. The molecule has 0 radical (unpaired) electrons. The summed E-state index contributed by atoms with van der Waals surface area (Å²) >= 11 is 0. The number of ether oxygens (including phenoxy) is 1. The molecular formula is C11H15N2O8P. The number of nitrogens with one attached hydrogen (secondary N) is 1. The molecule has 4 N–H and O–H groups in total. The van der Waals surface area contributed by atoms with E-state index in [-0.39, 0.29) is 0 Å². The van der Waals surface area contributed by atoms with Crippen molar-refractivity contribution in [3.8, 4) is 0 Å². The van der Waals surface area contributed by atoms with Crippen LogP contribution < -0.4 is 11.2 Å². The predicted octanol–water partition coefficient (Wildman–Crippen LogP) is -1.29. The van der Waals surface area contributed by atoms with E-state index in [4.69, 9.17) is 14.5 Å². The largest absolute Gasteiger partial charge is 0.469 e. The van der Waals surface area contributed by atoms with Gasteiger partial charge in [0.15, 0.2) is 6.23 Å². The molecule has 11 heteroatoms. The minimum Gasteiger partial charge on any atom is -0.388 e. The Bertz CT molecular complexity index is 707. The average molecular weight is 334 g/mol. The zero-order chi connectivity index (χ0) is 16.5. The average Bonchev–Trinajstić information content (AvgIpc) is 2.72. The molecular weight excluding hydrogens is 319 g/mol. The number of aliphatic hydroxyl groups excluding tert-OH is 1. The van der Waals surface area contributed by atoms with Gasteiger partial charge in [0.1, 0.15) is 6.10 Å². The summed E-state index contributed by atoms with van der Waals surface area (Å²) in [7, 11) is -4.69. The van der Waals surface area contributed by atoms with Gasteiger partial charge in [-0.05, 0) is 0 Å². The van der Waals surface area contributed by atoms with Gasteiger partial charge < -0.3 is 19.6 Å². The normalized spacial score (nSPS) is 28.7. The van der Waals surface area contributed by atoms with Crippen LogP contribution in [0, 0.1) is 5.92 Å². The molecule has 4 unspecified atom stereocenters. The molecule has 10 nitrogen and oxygen atoms in total. The van der Waals surface area contributed by atoms with Crippen molar-refractivity contribution in [2.24, 2.45) is 5.92 Å². The van der Waals surface area contributed by atoms with E-state index in [1.54, 1.807) is 0 Å². The van der Waals surface area contributed by atoms with Crippen molar-refractivity contribution in [1.82, 2.24) is 9.55 Å². The van der Waals surface area contributed by atoms with Gasteiger partial charge in [-0.2, -0.15) is 0 Å². The van der Waals surface area contributed by atoms with Crippen LogP contribution in [-0.4, -0.2) is 43.3 Å². The second-order valence-corrected chi connectivity index (χ2v) is 5.91. The minimum absolute atomic E-state index is 0.493. The number of aliphatic hydroxyl groups is 1. The van der Waals surface area contributed by atoms with E-state index < -0.39 is 50.0 Å². The third-order valence-corrected chi connectivity index (χ3v) is 3.72. The lowest BCUT2D eigenvalue weighted by molar-refractivity contribution is -0.0527. The van der Waals surface area contributed by atoms with Crippen LogP contribution in [-0.2, 0) is 13.8 Å². The van der Waals surface area contributed by atoms with Gasteiger partial charge in [-0.1, -0.05) is 6.08 Å². The van der Waals surface area contributed by atoms with Gasteiger partial charge in [-0.3, -0.25) is 18.9 Å². The first-order valence-corrected chi connectivity index (χ1v) is 7.73. The Morgan fingerprint density at radius 3 is 2.73 bits per heavy atom. The van der Waals surface area contributed by atoms with Crippen molar-refractivity contribution in [3.05, 3.63) is 45.8 Å². The van der Waals surface area contributed by atoms with Crippen LogP contribution in [0.3, 0.4) is 0 Å². The topological polar surface area (TPSA) is 151 Å². The van der Waals surface area contributed by atoms with Crippen LogP contribution in [0.5, 0.6) is 0 Å². The molecule has 0 aromatic carbocycles. The van der Waals surface area contributed by atoms with E-state index in [1.807, 2.05) is 4.98 Å². The Morgan fingerprint density at radius 1 is 1.50 bits per heavy atom. The molecule has 0 spiro atoms. The number of rotatable bonds is 5. The van der Waals surface area contributed by atoms with E-state index in [0.717, 1.165) is 16.8 Å². The number of phosphoric acid groups is 1. The van der Waals surface area contributed by atoms with Crippen LogP contribution in [0.2, 0.25) is 0 Å². The van der Waals surface area contributed by atoms with Gasteiger partial charge in [0.25, 0.3) is 5.56 Å². The van der Waals surface area contributed by atoms with Crippen molar-refractivity contribution in [1.29, 1.82) is 0 Å². The van der Waals surface area contributed by atoms with Crippen LogP contribution in [0.25, 0.3) is 0 Å². The number of aromatic nitrogens is 2. The molecule has 0 saturated carbocycles. The van der Waals surface area contributed by atoms with Gasteiger partial charge in [0.05, 0.1) is 12.7 Å². The zero-order valence-corrected chi connectivity index (χ0v) is 12.1. The third kappa shape index (κ3) is 3.61. The molecule has 2 heterocycles. The summed E-state index contributed by atoms with van der Waals surface area (Å²) < 4.78 is 21.5. The van der Waals surface area contributed by atoms with Gasteiger partial charge in [0, 0.05) is 18.2 Å². The first-order valence-electron chi connectivity index (χ1n) is 6.20. The maximum absolute atomic E-state index is 11.7. The summed E-state index contributed by atoms with van der Waals surface area (Å²) in [4.78, 5) is 42.2. The minimum atomic E-state index is -4.69. The predicted molar refractivity (Wildman–Crippen MR) is 72.9 cm³/mol. The highest BCUT2D eigenvalue weighted by Crippen LogP contribution is 2.40. The first kappa shape index (κ1) is 16.8. The highest BCUT2D eigenvalue weighted by molar-refractivity contribution is 7.46. The van der Waals surface area contributed by atoms with E-state index in [2.05, 4.69) is 11.1 Å². The van der Waals surface area contributed by atoms with E-state index in [9.17, 15) is 19.3 Å². The maximum atomic E-state index is 11.7. The van der Waals surface area contributed by atoms with Crippen LogP contribution >= 0.6 is 7.82 Å². The van der Waals surface area contributed by atoms with E-state index >= 15 is 0 Å². The van der Waals surface area contributed by atoms with Crippen molar-refractivity contribution in [3.63, 3.8) is 0 Å². The second-order valence-electron chi connectivity index (χ2n) is 4.67. The number of aromatic amines is 1. The van der Waals surface area contributed by atoms with Crippen molar-refractivity contribution in [2.75, 3.05) is 6.61 Å². The third-order valence-electron chi connectivity index (χ3n) is 3.23. The van der Waals surface area contributed by atoms with Crippen molar-refractivity contribution < 1.29 is 28.7 Å².